The quantitative estimate of drug-likeness (QED) is 0.754. The van der Waals surface area contributed by atoms with E-state index in [1.807, 2.05) is 0 Å². The Kier molecular flexibility index (Phi) is 7.15. The van der Waals surface area contributed by atoms with Gasteiger partial charge in [0, 0.05) is 32.2 Å². The first kappa shape index (κ1) is 20.9. The van der Waals surface area contributed by atoms with E-state index in [1.165, 1.54) is 37.5 Å². The number of piperazine rings is 1. The average Bonchev–Trinajstić information content (AvgIpc) is 2.70. The molecule has 6 nitrogen and oxygen atoms in total. The molecule has 0 bridgehead atoms. The van der Waals surface area contributed by atoms with E-state index in [4.69, 9.17) is 4.74 Å². The summed E-state index contributed by atoms with van der Waals surface area (Å²) in [7, 11) is 0. The van der Waals surface area contributed by atoms with Crippen LogP contribution in [0.2, 0.25) is 0 Å². The first-order chi connectivity index (χ1) is 13.4. The highest BCUT2D eigenvalue weighted by Gasteiger charge is 2.29. The third-order valence-electron chi connectivity index (χ3n) is 5.36. The van der Waals surface area contributed by atoms with Crippen LogP contribution in [0, 0.1) is 5.82 Å². The van der Waals surface area contributed by atoms with E-state index in [1.54, 1.807) is 16.7 Å². The molecule has 2 fully saturated rings. The number of hydrogen-bond acceptors (Lipinski definition) is 3. The van der Waals surface area contributed by atoms with Crippen LogP contribution in [0.25, 0.3) is 0 Å². The van der Waals surface area contributed by atoms with Crippen LogP contribution in [-0.4, -0.2) is 60.1 Å². The summed E-state index contributed by atoms with van der Waals surface area (Å²) >= 11 is 3.24. The Hall–Kier alpha value is -1.83. The molecule has 2 aliphatic rings. The molecule has 28 heavy (non-hydrogen) atoms. The van der Waals surface area contributed by atoms with Gasteiger partial charge >= 0.3 is 6.03 Å². The molecule has 1 aromatic rings. The minimum absolute atomic E-state index is 0.0291. The molecule has 1 heterocycles. The summed E-state index contributed by atoms with van der Waals surface area (Å²) in [5.74, 6) is -0.0860. The smallest absolute Gasteiger partial charge is 0.317 e. The van der Waals surface area contributed by atoms with Crippen molar-refractivity contribution in [1.29, 1.82) is 0 Å². The minimum atomic E-state index is -0.690. The molecule has 0 radical (unpaired) electrons. The summed E-state index contributed by atoms with van der Waals surface area (Å²) in [4.78, 5) is 28.6. The highest BCUT2D eigenvalue weighted by Crippen LogP contribution is 2.26. The van der Waals surface area contributed by atoms with E-state index < -0.39 is 6.10 Å². The number of rotatable bonds is 4. The lowest BCUT2D eigenvalue weighted by atomic mass is 9.96. The molecule has 3 amide bonds. The zero-order valence-electron chi connectivity index (χ0n) is 16.1. The van der Waals surface area contributed by atoms with E-state index in [-0.39, 0.29) is 23.8 Å². The molecule has 0 spiro atoms. The molecular formula is C20H27BrFN3O3. The maximum atomic E-state index is 13.2. The summed E-state index contributed by atoms with van der Waals surface area (Å²) in [6.45, 7) is 3.67. The maximum Gasteiger partial charge on any atom is 0.317 e. The molecular weight excluding hydrogens is 429 g/mol. The number of nitrogens with one attached hydrogen (secondary N) is 1. The van der Waals surface area contributed by atoms with Gasteiger partial charge in [0.1, 0.15) is 11.6 Å². The van der Waals surface area contributed by atoms with Gasteiger partial charge < -0.3 is 19.9 Å². The monoisotopic (exact) mass is 455 g/mol. The summed E-state index contributed by atoms with van der Waals surface area (Å²) in [5.41, 5.74) is 0. The SMILES string of the molecule is CC(Oc1ccc(F)cc1Br)C(=O)N1CCN(C(=O)NC2CCCCC2)CC1. The molecule has 8 heteroatoms. The number of halogens is 2. The number of carbonyl (C=O) groups is 2. The van der Waals surface area contributed by atoms with Crippen LogP contribution in [0.5, 0.6) is 5.75 Å². The summed E-state index contributed by atoms with van der Waals surface area (Å²) < 4.78 is 19.3. The first-order valence-electron chi connectivity index (χ1n) is 9.90. The van der Waals surface area contributed by atoms with Crippen molar-refractivity contribution >= 4 is 27.9 Å². The summed E-state index contributed by atoms with van der Waals surface area (Å²) in [6, 6.07) is 4.34. The van der Waals surface area contributed by atoms with Crippen LogP contribution < -0.4 is 10.1 Å². The van der Waals surface area contributed by atoms with Crippen LogP contribution in [0.1, 0.15) is 39.0 Å². The van der Waals surface area contributed by atoms with Crippen LogP contribution >= 0.6 is 15.9 Å². The second-order valence-corrected chi connectivity index (χ2v) is 8.29. The van der Waals surface area contributed by atoms with Crippen molar-refractivity contribution in [1.82, 2.24) is 15.1 Å². The molecule has 1 aliphatic carbocycles. The number of benzene rings is 1. The van der Waals surface area contributed by atoms with E-state index in [0.717, 1.165) is 12.8 Å². The maximum absolute atomic E-state index is 13.2. The largest absolute Gasteiger partial charge is 0.480 e. The van der Waals surface area contributed by atoms with Crippen molar-refractivity contribution in [2.75, 3.05) is 26.2 Å². The Morgan fingerprint density at radius 1 is 1.14 bits per heavy atom. The van der Waals surface area contributed by atoms with Gasteiger partial charge in [-0.05, 0) is 53.9 Å². The topological polar surface area (TPSA) is 61.9 Å². The van der Waals surface area contributed by atoms with Crippen molar-refractivity contribution in [3.05, 3.63) is 28.5 Å². The summed E-state index contributed by atoms with van der Waals surface area (Å²) in [5, 5.41) is 3.12. The van der Waals surface area contributed by atoms with E-state index in [0.29, 0.717) is 36.4 Å². The van der Waals surface area contributed by atoms with Gasteiger partial charge in [0.05, 0.1) is 4.47 Å². The predicted molar refractivity (Wildman–Crippen MR) is 108 cm³/mol. The predicted octanol–water partition coefficient (Wildman–Crippen LogP) is 3.54. The standard InChI is InChI=1S/C20H27BrFN3O3/c1-14(28-18-8-7-15(22)13-17(18)21)19(26)24-9-11-25(12-10-24)20(27)23-16-5-3-2-4-6-16/h7-8,13-14,16H,2-6,9-12H2,1H3,(H,23,27). The third-order valence-corrected chi connectivity index (χ3v) is 5.98. The van der Waals surface area contributed by atoms with Gasteiger partial charge in [-0.2, -0.15) is 0 Å². The Morgan fingerprint density at radius 2 is 1.79 bits per heavy atom. The Bertz CT molecular complexity index is 704. The van der Waals surface area contributed by atoms with Gasteiger partial charge in [-0.1, -0.05) is 19.3 Å². The van der Waals surface area contributed by atoms with Crippen molar-refractivity contribution in [3.8, 4) is 5.75 Å². The second kappa shape index (κ2) is 9.58. The Morgan fingerprint density at radius 3 is 2.43 bits per heavy atom. The van der Waals surface area contributed by atoms with Crippen LogP contribution in [-0.2, 0) is 4.79 Å². The molecule has 154 valence electrons. The lowest BCUT2D eigenvalue weighted by molar-refractivity contribution is -0.139. The van der Waals surface area contributed by atoms with Crippen LogP contribution in [0.15, 0.2) is 22.7 Å². The van der Waals surface area contributed by atoms with Crippen molar-refractivity contribution in [2.45, 2.75) is 51.2 Å². The lowest BCUT2D eigenvalue weighted by Gasteiger charge is -2.36. The van der Waals surface area contributed by atoms with Gasteiger partial charge in [0.25, 0.3) is 5.91 Å². The lowest BCUT2D eigenvalue weighted by Crippen LogP contribution is -2.56. The minimum Gasteiger partial charge on any atom is -0.480 e. The number of carbonyl (C=O) groups excluding carboxylic acids is 2. The molecule has 0 aromatic heterocycles. The number of amides is 3. The fourth-order valence-electron chi connectivity index (χ4n) is 3.71. The molecule has 1 N–H and O–H groups in total. The van der Waals surface area contributed by atoms with Gasteiger partial charge in [-0.25, -0.2) is 9.18 Å². The van der Waals surface area contributed by atoms with Crippen molar-refractivity contribution in [2.24, 2.45) is 0 Å². The van der Waals surface area contributed by atoms with E-state index in [2.05, 4.69) is 21.2 Å². The van der Waals surface area contributed by atoms with Crippen LogP contribution in [0.4, 0.5) is 9.18 Å². The van der Waals surface area contributed by atoms with E-state index in [9.17, 15) is 14.0 Å². The third kappa shape index (κ3) is 5.37. The average molecular weight is 456 g/mol. The molecule has 1 aliphatic heterocycles. The van der Waals surface area contributed by atoms with Crippen molar-refractivity contribution in [3.63, 3.8) is 0 Å². The zero-order chi connectivity index (χ0) is 20.1. The normalized spacial score (nSPS) is 19.2. The molecule has 1 saturated heterocycles. The molecule has 3 rings (SSSR count). The first-order valence-corrected chi connectivity index (χ1v) is 10.7. The molecule has 1 unspecified atom stereocenters. The number of ether oxygens (including phenoxy) is 1. The molecule has 1 aromatic carbocycles. The van der Waals surface area contributed by atoms with Gasteiger partial charge in [-0.3, -0.25) is 4.79 Å². The molecule has 1 atom stereocenters. The Labute approximate surface area is 173 Å². The molecule has 1 saturated carbocycles. The van der Waals surface area contributed by atoms with Crippen molar-refractivity contribution < 1.29 is 18.7 Å². The summed E-state index contributed by atoms with van der Waals surface area (Å²) in [6.07, 6.45) is 5.02. The fourth-order valence-corrected chi connectivity index (χ4v) is 4.16. The highest BCUT2D eigenvalue weighted by molar-refractivity contribution is 9.10. The Balaban J connectivity index is 1.46. The number of hydrogen-bond donors (Lipinski definition) is 1. The number of nitrogens with zero attached hydrogens (tertiary/aromatic N) is 2. The second-order valence-electron chi connectivity index (χ2n) is 7.43. The zero-order valence-corrected chi connectivity index (χ0v) is 17.7. The van der Waals surface area contributed by atoms with Gasteiger partial charge in [0.15, 0.2) is 6.10 Å². The number of urea groups is 1. The van der Waals surface area contributed by atoms with Gasteiger partial charge in [0.2, 0.25) is 0 Å². The van der Waals surface area contributed by atoms with Crippen LogP contribution in [0.3, 0.4) is 0 Å². The van der Waals surface area contributed by atoms with E-state index >= 15 is 0 Å². The highest BCUT2D eigenvalue weighted by atomic mass is 79.9. The van der Waals surface area contributed by atoms with Gasteiger partial charge in [-0.15, -0.1) is 0 Å². The fraction of sp³-hybridized carbons (Fsp3) is 0.600.